The second-order valence-corrected chi connectivity index (χ2v) is 7.18. The number of rotatable bonds is 5. The molecular weight excluding hydrogens is 403 g/mol. The first-order valence-electron chi connectivity index (χ1n) is 8.36. The van der Waals surface area contributed by atoms with Crippen molar-refractivity contribution < 1.29 is 0 Å². The third-order valence-corrected chi connectivity index (χ3v) is 4.55. The van der Waals surface area contributed by atoms with E-state index in [4.69, 9.17) is 23.2 Å². The number of nitrogens with one attached hydrogen (secondary N) is 2. The minimum Gasteiger partial charge on any atom is -0.299 e. The number of aromatic amines is 1. The Kier molecular flexibility index (Phi) is 5.71. The van der Waals surface area contributed by atoms with E-state index in [2.05, 4.69) is 20.5 Å². The van der Waals surface area contributed by atoms with Crippen LogP contribution in [-0.2, 0) is 13.6 Å². The van der Waals surface area contributed by atoms with Gasteiger partial charge in [0.05, 0.1) is 5.71 Å². The maximum atomic E-state index is 12.4. The molecule has 0 bridgehead atoms. The highest BCUT2D eigenvalue weighted by Gasteiger charge is 2.16. The molecule has 3 rings (SSSR count). The van der Waals surface area contributed by atoms with Crippen LogP contribution < -0.4 is 16.7 Å². The van der Waals surface area contributed by atoms with Crippen LogP contribution in [0.1, 0.15) is 19.4 Å². The normalized spacial score (nSPS) is 12.6. The Morgan fingerprint density at radius 2 is 1.96 bits per heavy atom. The van der Waals surface area contributed by atoms with Crippen LogP contribution in [-0.4, -0.2) is 24.8 Å². The van der Waals surface area contributed by atoms with Crippen molar-refractivity contribution in [1.82, 2.24) is 19.1 Å². The monoisotopic (exact) mass is 420 g/mol. The molecule has 0 saturated heterocycles. The van der Waals surface area contributed by atoms with Gasteiger partial charge in [-0.05, 0) is 31.5 Å². The maximum absolute atomic E-state index is 12.4. The average molecular weight is 421 g/mol. The summed E-state index contributed by atoms with van der Waals surface area (Å²) in [6.45, 7) is 3.84. The third kappa shape index (κ3) is 4.02. The number of fused-ring (bicyclic) bond motifs is 1. The van der Waals surface area contributed by atoms with E-state index in [9.17, 15) is 9.59 Å². The van der Waals surface area contributed by atoms with E-state index in [-0.39, 0.29) is 17.7 Å². The van der Waals surface area contributed by atoms with Crippen molar-refractivity contribution in [2.45, 2.75) is 20.4 Å². The zero-order chi connectivity index (χ0) is 20.4. The van der Waals surface area contributed by atoms with Crippen molar-refractivity contribution in [2.24, 2.45) is 12.1 Å². The first-order valence-corrected chi connectivity index (χ1v) is 9.11. The van der Waals surface area contributed by atoms with E-state index in [0.29, 0.717) is 21.7 Å². The Labute approximate surface area is 170 Å². The van der Waals surface area contributed by atoms with Crippen molar-refractivity contribution in [3.8, 4) is 0 Å². The molecule has 146 valence electrons. The molecule has 8 nitrogen and oxygen atoms in total. The van der Waals surface area contributed by atoms with Gasteiger partial charge in [0.15, 0.2) is 11.2 Å². The smallest absolute Gasteiger partial charge is 0.299 e. The summed E-state index contributed by atoms with van der Waals surface area (Å²) in [5, 5.41) is 5.54. The number of aryl methyl sites for hydroxylation is 1. The van der Waals surface area contributed by atoms with Gasteiger partial charge in [0.25, 0.3) is 5.56 Å². The van der Waals surface area contributed by atoms with Crippen LogP contribution in [0.4, 0.5) is 5.95 Å². The van der Waals surface area contributed by atoms with E-state index in [0.717, 1.165) is 5.56 Å². The molecule has 1 aromatic carbocycles. The van der Waals surface area contributed by atoms with Gasteiger partial charge in [0.2, 0.25) is 5.95 Å². The van der Waals surface area contributed by atoms with E-state index in [1.54, 1.807) is 29.7 Å². The maximum Gasteiger partial charge on any atom is 0.329 e. The summed E-state index contributed by atoms with van der Waals surface area (Å²) in [5.41, 5.74) is 3.87. The van der Waals surface area contributed by atoms with E-state index in [1.165, 1.54) is 11.6 Å². The van der Waals surface area contributed by atoms with Gasteiger partial charge in [0.1, 0.15) is 0 Å². The molecule has 28 heavy (non-hydrogen) atoms. The molecule has 0 atom stereocenters. The molecule has 0 saturated carbocycles. The molecule has 0 radical (unpaired) electrons. The zero-order valence-corrected chi connectivity index (χ0v) is 17.0. The SMILES string of the molecule is C/C(Cl)=C/Cn1c(N/N=C(/C)c2ccc(Cl)cc2)nc2c1c(=O)[nH]c(=O)n2C. The summed E-state index contributed by atoms with van der Waals surface area (Å²) in [6.07, 6.45) is 1.73. The third-order valence-electron chi connectivity index (χ3n) is 4.15. The number of anilines is 1. The Morgan fingerprint density at radius 3 is 2.61 bits per heavy atom. The van der Waals surface area contributed by atoms with E-state index < -0.39 is 11.2 Å². The number of hydrogen-bond acceptors (Lipinski definition) is 5. The minimum atomic E-state index is -0.543. The largest absolute Gasteiger partial charge is 0.329 e. The van der Waals surface area contributed by atoms with E-state index in [1.807, 2.05) is 19.1 Å². The predicted octanol–water partition coefficient (Wildman–Crippen LogP) is 3.06. The van der Waals surface area contributed by atoms with Crippen LogP contribution in [0, 0.1) is 0 Å². The summed E-state index contributed by atoms with van der Waals surface area (Å²) in [7, 11) is 1.53. The lowest BCUT2D eigenvalue weighted by atomic mass is 10.1. The number of hydrazone groups is 1. The number of allylic oxidation sites excluding steroid dienone is 2. The van der Waals surface area contributed by atoms with Crippen LogP contribution in [0.15, 0.2) is 50.1 Å². The minimum absolute atomic E-state index is 0.247. The molecular formula is C18H18Cl2N6O2. The average Bonchev–Trinajstić information content (AvgIpc) is 3.02. The molecule has 0 spiro atoms. The van der Waals surface area contributed by atoms with Crippen LogP contribution in [0.3, 0.4) is 0 Å². The van der Waals surface area contributed by atoms with Crippen LogP contribution in [0.2, 0.25) is 5.02 Å². The number of aromatic nitrogens is 4. The number of H-pyrrole nitrogens is 1. The molecule has 10 heteroatoms. The van der Waals surface area contributed by atoms with Crippen molar-refractivity contribution in [2.75, 3.05) is 5.43 Å². The number of hydrogen-bond donors (Lipinski definition) is 2. The molecule has 2 heterocycles. The number of benzene rings is 1. The molecule has 0 aliphatic rings. The fraction of sp³-hybridized carbons (Fsp3) is 0.222. The molecule has 0 unspecified atom stereocenters. The first kappa shape index (κ1) is 19.9. The van der Waals surface area contributed by atoms with Crippen molar-refractivity contribution >= 4 is 46.0 Å². The van der Waals surface area contributed by atoms with Gasteiger partial charge in [0, 0.05) is 23.6 Å². The number of imidazole rings is 1. The fourth-order valence-electron chi connectivity index (χ4n) is 2.60. The first-order chi connectivity index (χ1) is 13.3. The summed E-state index contributed by atoms with van der Waals surface area (Å²) < 4.78 is 2.88. The van der Waals surface area contributed by atoms with Crippen molar-refractivity contribution in [3.63, 3.8) is 0 Å². The van der Waals surface area contributed by atoms with Gasteiger partial charge in [-0.15, -0.1) is 0 Å². The second-order valence-electron chi connectivity index (χ2n) is 6.14. The van der Waals surface area contributed by atoms with Gasteiger partial charge >= 0.3 is 5.69 Å². The molecule has 0 amide bonds. The molecule has 0 aliphatic carbocycles. The Morgan fingerprint density at radius 1 is 1.29 bits per heavy atom. The van der Waals surface area contributed by atoms with Crippen molar-refractivity contribution in [1.29, 1.82) is 0 Å². The highest BCUT2D eigenvalue weighted by Crippen LogP contribution is 2.17. The van der Waals surface area contributed by atoms with E-state index >= 15 is 0 Å². The number of halogens is 2. The fourth-order valence-corrected chi connectivity index (χ4v) is 2.80. The topological polar surface area (TPSA) is 97.1 Å². The van der Waals surface area contributed by atoms with Gasteiger partial charge in [-0.3, -0.25) is 18.9 Å². The van der Waals surface area contributed by atoms with Crippen LogP contribution >= 0.6 is 23.2 Å². The molecule has 0 aliphatic heterocycles. The summed E-state index contributed by atoms with van der Waals surface area (Å²) in [6, 6.07) is 7.24. The zero-order valence-electron chi connectivity index (χ0n) is 15.5. The van der Waals surface area contributed by atoms with Gasteiger partial charge in [-0.1, -0.05) is 41.4 Å². The lowest BCUT2D eigenvalue weighted by Crippen LogP contribution is -2.29. The number of nitrogens with zero attached hydrogens (tertiary/aromatic N) is 4. The van der Waals surface area contributed by atoms with Crippen LogP contribution in [0.25, 0.3) is 11.2 Å². The molecule has 3 aromatic rings. The lowest BCUT2D eigenvalue weighted by Gasteiger charge is -2.07. The molecule has 0 fully saturated rings. The summed E-state index contributed by atoms with van der Waals surface area (Å²) in [5.74, 6) is 0.309. The summed E-state index contributed by atoms with van der Waals surface area (Å²) in [4.78, 5) is 30.9. The predicted molar refractivity (Wildman–Crippen MR) is 112 cm³/mol. The molecule has 2 N–H and O–H groups in total. The van der Waals surface area contributed by atoms with Crippen LogP contribution in [0.5, 0.6) is 0 Å². The van der Waals surface area contributed by atoms with Gasteiger partial charge in [-0.2, -0.15) is 10.1 Å². The van der Waals surface area contributed by atoms with Crippen molar-refractivity contribution in [3.05, 3.63) is 66.8 Å². The lowest BCUT2D eigenvalue weighted by molar-refractivity contribution is 0.818. The quantitative estimate of drug-likeness (QED) is 0.489. The Bertz CT molecular complexity index is 1200. The van der Waals surface area contributed by atoms with Gasteiger partial charge in [-0.25, -0.2) is 10.2 Å². The van der Waals surface area contributed by atoms with Gasteiger partial charge < -0.3 is 0 Å². The highest BCUT2D eigenvalue weighted by molar-refractivity contribution is 6.30. The molecule has 2 aromatic heterocycles. The standard InChI is InChI=1S/C18H18Cl2N6O2/c1-10(19)8-9-26-14-15(25(3)18(28)22-16(14)27)21-17(26)24-23-11(2)12-4-6-13(20)7-5-12/h4-8H,9H2,1-3H3,(H,21,24)(H,22,27,28)/b10-8-,23-11-. The highest BCUT2D eigenvalue weighted by atomic mass is 35.5. The second kappa shape index (κ2) is 8.04. The summed E-state index contributed by atoms with van der Waals surface area (Å²) >= 11 is 11.9. The Balaban J connectivity index is 2.09. The Hall–Kier alpha value is -2.84.